The minimum Gasteiger partial charge on any atom is -0.458 e. The molecule has 1 aliphatic carbocycles. The van der Waals surface area contributed by atoms with Crippen LogP contribution in [0.4, 0.5) is 0 Å². The number of carbonyl (C=O) groups is 1. The highest BCUT2D eigenvalue weighted by Crippen LogP contribution is 2.31. The Balaban J connectivity index is 1.88. The summed E-state index contributed by atoms with van der Waals surface area (Å²) in [7, 11) is 0. The van der Waals surface area contributed by atoms with Crippen LogP contribution in [0.3, 0.4) is 0 Å². The number of thiophene rings is 1. The molecule has 2 rings (SSSR count). The van der Waals surface area contributed by atoms with Crippen LogP contribution in [0.1, 0.15) is 30.6 Å². The Labute approximate surface area is 103 Å². The third-order valence-corrected chi connectivity index (χ3v) is 3.99. The second-order valence-electron chi connectivity index (χ2n) is 4.02. The Morgan fingerprint density at radius 1 is 1.50 bits per heavy atom. The zero-order chi connectivity index (χ0) is 11.6. The van der Waals surface area contributed by atoms with Crippen molar-refractivity contribution in [3.8, 4) is 0 Å². The van der Waals surface area contributed by atoms with E-state index in [1.54, 1.807) is 6.07 Å². The van der Waals surface area contributed by atoms with Gasteiger partial charge in [-0.1, -0.05) is 11.6 Å². The highest BCUT2D eigenvalue weighted by molar-refractivity contribution is 7.16. The Hall–Kier alpha value is -0.580. The lowest BCUT2D eigenvalue weighted by atomic mass is 10.0. The molecule has 0 atom stereocenters. The molecular weight excluding hydrogens is 248 g/mol. The van der Waals surface area contributed by atoms with Gasteiger partial charge in [-0.3, -0.25) is 0 Å². The summed E-state index contributed by atoms with van der Waals surface area (Å²) in [6.07, 6.45) is 2.79. The van der Waals surface area contributed by atoms with Crippen molar-refractivity contribution in [1.82, 2.24) is 0 Å². The van der Waals surface area contributed by atoms with Crippen LogP contribution in [-0.2, 0) is 16.1 Å². The van der Waals surface area contributed by atoms with E-state index >= 15 is 0 Å². The lowest BCUT2D eigenvalue weighted by Gasteiger charge is -2.19. The molecule has 1 aliphatic rings. The van der Waals surface area contributed by atoms with Gasteiger partial charge >= 0.3 is 5.97 Å². The molecule has 1 fully saturated rings. The third-order valence-electron chi connectivity index (χ3n) is 2.79. The molecule has 1 aromatic heterocycles. The number of ether oxygens (including phenoxy) is 1. The average Bonchev–Trinajstić information content (AvgIpc) is 2.85. The molecule has 16 heavy (non-hydrogen) atoms. The third kappa shape index (κ3) is 2.56. The molecule has 3 nitrogen and oxygen atoms in total. The lowest BCUT2D eigenvalue weighted by Crippen LogP contribution is -2.36. The molecule has 1 heterocycles. The van der Waals surface area contributed by atoms with E-state index in [4.69, 9.17) is 16.3 Å². The summed E-state index contributed by atoms with van der Waals surface area (Å²) in [5.41, 5.74) is -1.25. The summed E-state index contributed by atoms with van der Waals surface area (Å²) in [5, 5.41) is 9.95. The van der Waals surface area contributed by atoms with Gasteiger partial charge in [0.05, 0.1) is 4.34 Å². The minimum absolute atomic E-state index is 0.193. The Kier molecular flexibility index (Phi) is 3.52. The monoisotopic (exact) mass is 260 g/mol. The Bertz CT molecular complexity index is 382. The summed E-state index contributed by atoms with van der Waals surface area (Å²) >= 11 is 7.14. The summed E-state index contributed by atoms with van der Waals surface area (Å²) < 4.78 is 5.76. The predicted octanol–water partition coefficient (Wildman–Crippen LogP) is 2.75. The van der Waals surface area contributed by atoms with Crippen LogP contribution in [0.2, 0.25) is 4.34 Å². The fourth-order valence-electron chi connectivity index (χ4n) is 1.86. The molecule has 1 saturated carbocycles. The van der Waals surface area contributed by atoms with E-state index in [0.717, 1.165) is 17.7 Å². The SMILES string of the molecule is O=C(OCc1ccc(Cl)s1)C1(O)CCCC1. The van der Waals surface area contributed by atoms with Gasteiger partial charge in [-0.25, -0.2) is 4.79 Å². The van der Waals surface area contributed by atoms with E-state index in [2.05, 4.69) is 0 Å². The van der Waals surface area contributed by atoms with Crippen molar-refractivity contribution in [3.63, 3.8) is 0 Å². The van der Waals surface area contributed by atoms with Gasteiger partial charge in [-0.2, -0.15) is 0 Å². The minimum atomic E-state index is -1.25. The van der Waals surface area contributed by atoms with Gasteiger partial charge < -0.3 is 9.84 Å². The Morgan fingerprint density at radius 2 is 2.19 bits per heavy atom. The first-order valence-electron chi connectivity index (χ1n) is 5.24. The second-order valence-corrected chi connectivity index (χ2v) is 5.82. The first kappa shape index (κ1) is 11.9. The molecule has 0 aromatic carbocycles. The van der Waals surface area contributed by atoms with Crippen LogP contribution in [0, 0.1) is 0 Å². The van der Waals surface area contributed by atoms with Crippen molar-refractivity contribution in [2.24, 2.45) is 0 Å². The van der Waals surface area contributed by atoms with E-state index < -0.39 is 11.6 Å². The standard InChI is InChI=1S/C11H13ClO3S/c12-9-4-3-8(16-9)7-15-10(13)11(14)5-1-2-6-11/h3-4,14H,1-2,5-7H2. The molecule has 0 aliphatic heterocycles. The van der Waals surface area contributed by atoms with Gasteiger partial charge in [0.25, 0.3) is 0 Å². The highest BCUT2D eigenvalue weighted by atomic mass is 35.5. The largest absolute Gasteiger partial charge is 0.458 e. The number of rotatable bonds is 3. The van der Waals surface area contributed by atoms with Crippen molar-refractivity contribution < 1.29 is 14.6 Å². The maximum atomic E-state index is 11.6. The first-order valence-corrected chi connectivity index (χ1v) is 6.43. The number of hydrogen-bond donors (Lipinski definition) is 1. The van der Waals surface area contributed by atoms with Crippen LogP contribution >= 0.6 is 22.9 Å². The van der Waals surface area contributed by atoms with Crippen LogP contribution in [0.5, 0.6) is 0 Å². The fourth-order valence-corrected chi connectivity index (χ4v) is 2.87. The van der Waals surface area contributed by atoms with Crippen LogP contribution in [0.15, 0.2) is 12.1 Å². The summed E-state index contributed by atoms with van der Waals surface area (Å²) in [6, 6.07) is 3.58. The zero-order valence-electron chi connectivity index (χ0n) is 8.74. The maximum absolute atomic E-state index is 11.6. The van der Waals surface area contributed by atoms with Gasteiger partial charge in [-0.15, -0.1) is 11.3 Å². The van der Waals surface area contributed by atoms with Gasteiger partial charge in [-0.05, 0) is 37.8 Å². The topological polar surface area (TPSA) is 46.5 Å². The molecule has 1 N–H and O–H groups in total. The van der Waals surface area contributed by atoms with Crippen molar-refractivity contribution in [2.45, 2.75) is 37.9 Å². The molecule has 0 saturated heterocycles. The van der Waals surface area contributed by atoms with Crippen molar-refractivity contribution in [1.29, 1.82) is 0 Å². The average molecular weight is 261 g/mol. The maximum Gasteiger partial charge on any atom is 0.338 e. The molecule has 0 radical (unpaired) electrons. The molecule has 5 heteroatoms. The zero-order valence-corrected chi connectivity index (χ0v) is 10.3. The molecule has 0 spiro atoms. The lowest BCUT2D eigenvalue weighted by molar-refractivity contribution is -0.166. The van der Waals surface area contributed by atoms with Gasteiger partial charge in [0, 0.05) is 4.88 Å². The van der Waals surface area contributed by atoms with Gasteiger partial charge in [0.1, 0.15) is 6.61 Å². The van der Waals surface area contributed by atoms with Crippen LogP contribution in [0.25, 0.3) is 0 Å². The van der Waals surface area contributed by atoms with Crippen molar-refractivity contribution in [3.05, 3.63) is 21.3 Å². The fraction of sp³-hybridized carbons (Fsp3) is 0.545. The Morgan fingerprint density at radius 3 is 2.75 bits per heavy atom. The molecule has 0 bridgehead atoms. The van der Waals surface area contributed by atoms with Crippen LogP contribution < -0.4 is 0 Å². The molecular formula is C11H13ClO3S. The van der Waals surface area contributed by atoms with E-state index in [-0.39, 0.29) is 6.61 Å². The summed E-state index contributed by atoms with van der Waals surface area (Å²) in [6.45, 7) is 0.193. The highest BCUT2D eigenvalue weighted by Gasteiger charge is 2.40. The smallest absolute Gasteiger partial charge is 0.338 e. The van der Waals surface area contributed by atoms with Gasteiger partial charge in [0.2, 0.25) is 0 Å². The molecule has 0 amide bonds. The number of halogens is 1. The van der Waals surface area contributed by atoms with Crippen LogP contribution in [-0.4, -0.2) is 16.7 Å². The second kappa shape index (κ2) is 4.73. The summed E-state index contributed by atoms with van der Waals surface area (Å²) in [4.78, 5) is 12.5. The van der Waals surface area contributed by atoms with E-state index in [9.17, 15) is 9.90 Å². The molecule has 1 aromatic rings. The quantitative estimate of drug-likeness (QED) is 0.850. The van der Waals surface area contributed by atoms with Crippen molar-refractivity contribution >= 4 is 28.9 Å². The number of aliphatic hydroxyl groups is 1. The predicted molar refractivity (Wildman–Crippen MR) is 62.5 cm³/mol. The number of hydrogen-bond acceptors (Lipinski definition) is 4. The normalized spacial score (nSPS) is 18.6. The number of esters is 1. The number of carbonyl (C=O) groups excluding carboxylic acids is 1. The van der Waals surface area contributed by atoms with E-state index in [1.165, 1.54) is 11.3 Å². The van der Waals surface area contributed by atoms with E-state index in [0.29, 0.717) is 17.2 Å². The van der Waals surface area contributed by atoms with Gasteiger partial charge in [0.15, 0.2) is 5.60 Å². The van der Waals surface area contributed by atoms with E-state index in [1.807, 2.05) is 6.07 Å². The molecule has 88 valence electrons. The summed E-state index contributed by atoms with van der Waals surface area (Å²) in [5.74, 6) is -0.505. The van der Waals surface area contributed by atoms with Crippen molar-refractivity contribution in [2.75, 3.05) is 0 Å². The molecule has 0 unspecified atom stereocenters. The first-order chi connectivity index (χ1) is 7.60.